The maximum atomic E-state index is 14.3. The number of pyridine rings is 1. The van der Waals surface area contributed by atoms with Crippen molar-refractivity contribution in [2.45, 2.75) is 5.75 Å². The third-order valence-corrected chi connectivity index (χ3v) is 4.54. The Morgan fingerprint density at radius 2 is 2.00 bits per heavy atom. The predicted molar refractivity (Wildman–Crippen MR) is 102 cm³/mol. The van der Waals surface area contributed by atoms with E-state index in [0.717, 1.165) is 12.3 Å². The summed E-state index contributed by atoms with van der Waals surface area (Å²) in [6, 6.07) is 5.36. The summed E-state index contributed by atoms with van der Waals surface area (Å²) in [5, 5.41) is 2.90. The van der Waals surface area contributed by atoms with Gasteiger partial charge in [-0.2, -0.15) is 0 Å². The highest BCUT2D eigenvalue weighted by Gasteiger charge is 2.15. The highest BCUT2D eigenvalue weighted by atomic mass is 32.2. The molecule has 1 unspecified atom stereocenters. The van der Waals surface area contributed by atoms with Crippen molar-refractivity contribution in [1.29, 1.82) is 4.78 Å². The SMILES string of the molecule is COc1cc(F)ccc1-c1nc(Nc2cncc(CS(C)(=N)=O)c2)ncc1F. The number of hydrogen-bond acceptors (Lipinski definition) is 7. The van der Waals surface area contributed by atoms with E-state index in [0.29, 0.717) is 11.3 Å². The fraction of sp³-hybridized carbons (Fsp3) is 0.167. The molecular weight excluding hydrogens is 388 g/mol. The lowest BCUT2D eigenvalue weighted by molar-refractivity contribution is 0.412. The number of aromatic nitrogens is 3. The second-order valence-corrected chi connectivity index (χ2v) is 8.39. The molecule has 0 saturated heterocycles. The fourth-order valence-corrected chi connectivity index (χ4v) is 3.35. The van der Waals surface area contributed by atoms with Crippen LogP contribution in [0.3, 0.4) is 0 Å². The van der Waals surface area contributed by atoms with Gasteiger partial charge in [0.15, 0.2) is 5.82 Å². The van der Waals surface area contributed by atoms with E-state index in [1.54, 1.807) is 6.07 Å². The molecule has 28 heavy (non-hydrogen) atoms. The van der Waals surface area contributed by atoms with Crippen molar-refractivity contribution in [2.24, 2.45) is 0 Å². The van der Waals surface area contributed by atoms with Crippen LogP contribution in [0.4, 0.5) is 20.4 Å². The molecule has 146 valence electrons. The normalized spacial score (nSPS) is 13.0. The molecule has 2 heterocycles. The molecule has 2 N–H and O–H groups in total. The van der Waals surface area contributed by atoms with Crippen molar-refractivity contribution in [3.05, 3.63) is 60.1 Å². The number of methoxy groups -OCH3 is 1. The van der Waals surface area contributed by atoms with Gasteiger partial charge in [-0.1, -0.05) is 0 Å². The first-order chi connectivity index (χ1) is 13.2. The van der Waals surface area contributed by atoms with Crippen LogP contribution >= 0.6 is 0 Å². The monoisotopic (exact) mass is 405 g/mol. The minimum absolute atomic E-state index is 0.0534. The van der Waals surface area contributed by atoms with Gasteiger partial charge in [0.1, 0.15) is 17.3 Å². The number of nitrogens with one attached hydrogen (secondary N) is 2. The van der Waals surface area contributed by atoms with Gasteiger partial charge in [0.05, 0.1) is 30.9 Å². The van der Waals surface area contributed by atoms with Gasteiger partial charge in [-0.15, -0.1) is 0 Å². The lowest BCUT2D eigenvalue weighted by Gasteiger charge is -2.11. The molecule has 3 rings (SSSR count). The smallest absolute Gasteiger partial charge is 0.227 e. The average Bonchev–Trinajstić information content (AvgIpc) is 2.62. The second kappa shape index (κ2) is 7.85. The van der Waals surface area contributed by atoms with Gasteiger partial charge in [-0.3, -0.25) is 9.76 Å². The van der Waals surface area contributed by atoms with E-state index >= 15 is 0 Å². The molecule has 0 bridgehead atoms. The molecule has 2 aromatic heterocycles. The molecule has 1 aromatic carbocycles. The zero-order valence-corrected chi connectivity index (χ0v) is 15.9. The second-order valence-electron chi connectivity index (χ2n) is 6.09. The van der Waals surface area contributed by atoms with Crippen LogP contribution in [0.1, 0.15) is 5.56 Å². The van der Waals surface area contributed by atoms with Crippen molar-refractivity contribution in [3.63, 3.8) is 0 Å². The molecule has 7 nitrogen and oxygen atoms in total. The van der Waals surface area contributed by atoms with E-state index in [-0.39, 0.29) is 28.7 Å². The van der Waals surface area contributed by atoms with Gasteiger partial charge < -0.3 is 10.1 Å². The van der Waals surface area contributed by atoms with Gasteiger partial charge in [0.2, 0.25) is 5.95 Å². The third-order valence-electron chi connectivity index (χ3n) is 3.66. The zero-order chi connectivity index (χ0) is 20.3. The Hall–Kier alpha value is -3.14. The maximum absolute atomic E-state index is 14.3. The molecule has 0 aliphatic rings. The maximum Gasteiger partial charge on any atom is 0.227 e. The van der Waals surface area contributed by atoms with Gasteiger partial charge in [-0.05, 0) is 23.8 Å². The molecule has 0 amide bonds. The Balaban J connectivity index is 1.94. The quantitative estimate of drug-likeness (QED) is 0.648. The van der Waals surface area contributed by atoms with Crippen LogP contribution < -0.4 is 10.1 Å². The largest absolute Gasteiger partial charge is 0.496 e. The van der Waals surface area contributed by atoms with Crippen LogP contribution in [0.2, 0.25) is 0 Å². The highest BCUT2D eigenvalue weighted by molar-refractivity contribution is 7.90. The molecule has 0 fully saturated rings. The molecule has 10 heteroatoms. The Morgan fingerprint density at radius 3 is 2.71 bits per heavy atom. The molecule has 0 radical (unpaired) electrons. The minimum atomic E-state index is -2.72. The van der Waals surface area contributed by atoms with Crippen molar-refractivity contribution in [3.8, 4) is 17.0 Å². The standard InChI is InChI=1S/C18H17F2N5O2S/c1-27-16-6-12(19)3-4-14(16)17-15(20)9-23-18(25-17)24-13-5-11(7-22-8-13)10-28(2,21)26/h3-9,21H,10H2,1-2H3,(H,23,24,25). The summed E-state index contributed by atoms with van der Waals surface area (Å²) in [6.07, 6.45) is 5.35. The molecular formula is C18H17F2N5O2S. The van der Waals surface area contributed by atoms with Crippen LogP contribution in [0.15, 0.2) is 42.9 Å². The number of anilines is 2. The Kier molecular flexibility index (Phi) is 5.50. The van der Waals surface area contributed by atoms with Crippen LogP contribution in [0, 0.1) is 16.4 Å². The number of hydrogen-bond donors (Lipinski definition) is 2. The molecule has 0 aliphatic carbocycles. The van der Waals surface area contributed by atoms with E-state index in [2.05, 4.69) is 20.3 Å². The van der Waals surface area contributed by atoms with Crippen LogP contribution in [0.5, 0.6) is 5.75 Å². The Labute approximate surface area is 160 Å². The lowest BCUT2D eigenvalue weighted by Crippen LogP contribution is -2.03. The molecule has 0 saturated carbocycles. The molecule has 1 atom stereocenters. The third kappa shape index (κ3) is 4.77. The highest BCUT2D eigenvalue weighted by Crippen LogP contribution is 2.31. The van der Waals surface area contributed by atoms with Crippen molar-refractivity contribution >= 4 is 21.4 Å². The summed E-state index contributed by atoms with van der Waals surface area (Å²) in [6.45, 7) is 0. The number of halogens is 2. The summed E-state index contributed by atoms with van der Waals surface area (Å²) < 4.78 is 52.0. The summed E-state index contributed by atoms with van der Waals surface area (Å²) in [4.78, 5) is 12.1. The van der Waals surface area contributed by atoms with Gasteiger partial charge in [0.25, 0.3) is 0 Å². The lowest BCUT2D eigenvalue weighted by atomic mass is 10.1. The van der Waals surface area contributed by atoms with Crippen molar-refractivity contribution in [1.82, 2.24) is 15.0 Å². The minimum Gasteiger partial charge on any atom is -0.496 e. The predicted octanol–water partition coefficient (Wildman–Crippen LogP) is 3.75. The zero-order valence-electron chi connectivity index (χ0n) is 15.1. The summed E-state index contributed by atoms with van der Waals surface area (Å²) in [5.74, 6) is -0.927. The van der Waals surface area contributed by atoms with Crippen molar-refractivity contribution < 1.29 is 17.7 Å². The van der Waals surface area contributed by atoms with E-state index in [9.17, 15) is 13.0 Å². The topological polar surface area (TPSA) is 101 Å². The molecule has 3 aromatic rings. The van der Waals surface area contributed by atoms with Crippen LogP contribution in [-0.2, 0) is 15.5 Å². The van der Waals surface area contributed by atoms with Crippen LogP contribution in [-0.4, -0.2) is 32.5 Å². The number of nitrogens with zero attached hydrogens (tertiary/aromatic N) is 3. The first-order valence-electron chi connectivity index (χ1n) is 8.04. The van der Waals surface area contributed by atoms with E-state index in [1.165, 1.54) is 37.9 Å². The summed E-state index contributed by atoms with van der Waals surface area (Å²) >= 11 is 0. The Bertz CT molecular complexity index is 1120. The summed E-state index contributed by atoms with van der Waals surface area (Å²) in [7, 11) is -1.37. The van der Waals surface area contributed by atoms with Gasteiger partial charge in [-0.25, -0.2) is 23.0 Å². The first-order valence-corrected chi connectivity index (χ1v) is 10.2. The Morgan fingerprint density at radius 1 is 1.21 bits per heavy atom. The van der Waals surface area contributed by atoms with Gasteiger partial charge >= 0.3 is 0 Å². The van der Waals surface area contributed by atoms with Crippen molar-refractivity contribution in [2.75, 3.05) is 18.7 Å². The fourth-order valence-electron chi connectivity index (χ4n) is 2.56. The van der Waals surface area contributed by atoms with E-state index in [4.69, 9.17) is 9.52 Å². The number of benzene rings is 1. The average molecular weight is 405 g/mol. The number of rotatable bonds is 6. The van der Waals surface area contributed by atoms with E-state index < -0.39 is 21.4 Å². The van der Waals surface area contributed by atoms with E-state index in [1.807, 2.05) is 0 Å². The van der Waals surface area contributed by atoms with Gasteiger partial charge in [0, 0.05) is 33.8 Å². The summed E-state index contributed by atoms with van der Waals surface area (Å²) in [5.41, 5.74) is 1.32. The first kappa shape index (κ1) is 19.6. The number of ether oxygens (including phenoxy) is 1. The molecule has 0 aliphatic heterocycles. The van der Waals surface area contributed by atoms with Crippen LogP contribution in [0.25, 0.3) is 11.3 Å². The molecule has 0 spiro atoms.